The molecule has 2 N–H and O–H groups in total. The van der Waals surface area contributed by atoms with Crippen LogP contribution in [0.15, 0.2) is 29.2 Å². The second-order valence-electron chi connectivity index (χ2n) is 7.35. The van der Waals surface area contributed by atoms with E-state index in [1.807, 2.05) is 20.8 Å². The second kappa shape index (κ2) is 11.6. The molecule has 0 aliphatic heterocycles. The van der Waals surface area contributed by atoms with Crippen molar-refractivity contribution < 1.29 is 21.7 Å². The molecule has 0 amide bonds. The minimum atomic E-state index is -3.61. The van der Waals surface area contributed by atoms with Crippen molar-refractivity contribution in [1.82, 2.24) is 4.31 Å². The van der Waals surface area contributed by atoms with Crippen LogP contribution in [0.5, 0.6) is 0 Å². The molecule has 0 radical (unpaired) electrons. The lowest BCUT2D eigenvalue weighted by Crippen LogP contribution is -2.44. The molecule has 7 nitrogen and oxygen atoms in total. The summed E-state index contributed by atoms with van der Waals surface area (Å²) in [6.07, 6.45) is 1.12. The highest BCUT2D eigenvalue weighted by Gasteiger charge is 2.37. The van der Waals surface area contributed by atoms with Gasteiger partial charge in [0, 0.05) is 46.0 Å². The topological polar surface area (TPSA) is 91.1 Å². The quantitative estimate of drug-likeness (QED) is 0.488. The summed E-state index contributed by atoms with van der Waals surface area (Å²) in [6.45, 7) is 6.40. The number of hydrogen-bond acceptors (Lipinski definition) is 6. The summed E-state index contributed by atoms with van der Waals surface area (Å²) in [5.74, 6) is 0. The van der Waals surface area contributed by atoms with E-state index in [0.717, 1.165) is 5.56 Å². The zero-order valence-electron chi connectivity index (χ0n) is 17.7. The van der Waals surface area contributed by atoms with Gasteiger partial charge in [-0.25, -0.2) is 8.42 Å². The predicted octanol–water partition coefficient (Wildman–Crippen LogP) is 2.80. The van der Waals surface area contributed by atoms with Crippen LogP contribution < -0.4 is 5.73 Å². The van der Waals surface area contributed by atoms with Crippen molar-refractivity contribution in [1.29, 1.82) is 0 Å². The van der Waals surface area contributed by atoms with E-state index in [1.54, 1.807) is 45.6 Å². The average molecular weight is 455 g/mol. The van der Waals surface area contributed by atoms with Crippen molar-refractivity contribution in [2.75, 3.05) is 34.4 Å². The van der Waals surface area contributed by atoms with Gasteiger partial charge >= 0.3 is 8.80 Å². The van der Waals surface area contributed by atoms with Crippen LogP contribution in [-0.2, 0) is 23.3 Å². The van der Waals surface area contributed by atoms with Crippen LogP contribution in [0.2, 0.25) is 6.04 Å². The van der Waals surface area contributed by atoms with Crippen LogP contribution in [0.1, 0.15) is 32.3 Å². The Kier molecular flexibility index (Phi) is 11.4. The van der Waals surface area contributed by atoms with Gasteiger partial charge in [0.05, 0.1) is 4.90 Å². The molecular weight excluding hydrogens is 420 g/mol. The summed E-state index contributed by atoms with van der Waals surface area (Å²) in [4.78, 5) is 0.289. The molecule has 0 unspecified atom stereocenters. The maximum Gasteiger partial charge on any atom is 0.500 e. The van der Waals surface area contributed by atoms with Gasteiger partial charge in [0.25, 0.3) is 0 Å². The van der Waals surface area contributed by atoms with Crippen LogP contribution in [-0.4, -0.2) is 61.5 Å². The fraction of sp³-hybridized carbons (Fsp3) is 0.667. The van der Waals surface area contributed by atoms with Gasteiger partial charge in [-0.15, -0.1) is 12.4 Å². The van der Waals surface area contributed by atoms with E-state index in [9.17, 15) is 8.42 Å². The maximum atomic E-state index is 13.1. The highest BCUT2D eigenvalue weighted by atomic mass is 35.5. The molecule has 0 bridgehead atoms. The van der Waals surface area contributed by atoms with Crippen molar-refractivity contribution in [3.05, 3.63) is 29.8 Å². The summed E-state index contributed by atoms with van der Waals surface area (Å²) < 4.78 is 44.0. The molecule has 0 aliphatic rings. The van der Waals surface area contributed by atoms with Crippen LogP contribution in [0.25, 0.3) is 0 Å². The first-order valence-electron chi connectivity index (χ1n) is 9.01. The Morgan fingerprint density at radius 1 is 1.04 bits per heavy atom. The van der Waals surface area contributed by atoms with E-state index < -0.39 is 24.4 Å². The van der Waals surface area contributed by atoms with Crippen molar-refractivity contribution in [2.24, 2.45) is 5.73 Å². The number of rotatable bonds is 12. The maximum absolute atomic E-state index is 13.1. The second-order valence-corrected chi connectivity index (χ2v) is 12.4. The largest absolute Gasteiger partial charge is 0.500 e. The third-order valence-corrected chi connectivity index (χ3v) is 9.23. The number of nitrogens with zero attached hydrogens (tertiary/aromatic N) is 1. The van der Waals surface area contributed by atoms with Gasteiger partial charge in [-0.05, 0) is 45.7 Å². The Hall–Kier alpha value is -0.523. The fourth-order valence-electron chi connectivity index (χ4n) is 2.65. The molecule has 0 saturated carbocycles. The number of nitrogens with two attached hydrogens (primary N) is 1. The summed E-state index contributed by atoms with van der Waals surface area (Å²) in [7, 11) is -1.69. The first kappa shape index (κ1) is 27.5. The van der Waals surface area contributed by atoms with Gasteiger partial charge in [-0.3, -0.25) is 0 Å². The van der Waals surface area contributed by atoms with Gasteiger partial charge in [-0.2, -0.15) is 4.31 Å². The Labute approximate surface area is 177 Å². The molecule has 0 aliphatic carbocycles. The molecule has 0 fully saturated rings. The zero-order valence-corrected chi connectivity index (χ0v) is 20.4. The standard InChI is InChI=1S/C18H34N2O5SSi.ClH/c1-16-8-10-17(11-9-16)26(21,22)20(14-12-18(2,3)19)13-7-15-27(23-4,24-5)25-6;/h8-11H,7,12-15,19H2,1-6H3;1H. The van der Waals surface area contributed by atoms with E-state index in [4.69, 9.17) is 19.0 Å². The summed E-state index contributed by atoms with van der Waals surface area (Å²) in [6, 6.07) is 7.42. The summed E-state index contributed by atoms with van der Waals surface area (Å²) >= 11 is 0. The number of halogens is 1. The Balaban J connectivity index is 0.00000729. The monoisotopic (exact) mass is 454 g/mol. The van der Waals surface area contributed by atoms with Crippen LogP contribution >= 0.6 is 12.4 Å². The Morgan fingerprint density at radius 2 is 1.54 bits per heavy atom. The summed E-state index contributed by atoms with van der Waals surface area (Å²) in [5, 5.41) is 0. The first-order valence-corrected chi connectivity index (χ1v) is 12.4. The van der Waals surface area contributed by atoms with E-state index in [1.165, 1.54) is 4.31 Å². The molecule has 0 atom stereocenters. The normalized spacial score (nSPS) is 12.9. The number of hydrogen-bond donors (Lipinski definition) is 1. The van der Waals surface area contributed by atoms with E-state index >= 15 is 0 Å². The van der Waals surface area contributed by atoms with Gasteiger partial charge in [0.15, 0.2) is 0 Å². The number of sulfonamides is 1. The molecule has 1 aromatic carbocycles. The Bertz CT molecular complexity index is 668. The van der Waals surface area contributed by atoms with Gasteiger partial charge in [0.2, 0.25) is 10.0 Å². The molecule has 0 saturated heterocycles. The van der Waals surface area contributed by atoms with Crippen molar-refractivity contribution >= 4 is 31.2 Å². The van der Waals surface area contributed by atoms with Gasteiger partial charge < -0.3 is 19.0 Å². The van der Waals surface area contributed by atoms with Crippen LogP contribution in [0.4, 0.5) is 0 Å². The Morgan fingerprint density at radius 3 is 1.96 bits per heavy atom. The first-order chi connectivity index (χ1) is 12.5. The molecule has 28 heavy (non-hydrogen) atoms. The molecule has 10 heteroatoms. The van der Waals surface area contributed by atoms with Gasteiger partial charge in [0.1, 0.15) is 0 Å². The third-order valence-electron chi connectivity index (χ3n) is 4.49. The minimum absolute atomic E-state index is 0. The molecule has 164 valence electrons. The lowest BCUT2D eigenvalue weighted by molar-refractivity contribution is 0.122. The highest BCUT2D eigenvalue weighted by Crippen LogP contribution is 2.21. The predicted molar refractivity (Wildman–Crippen MR) is 116 cm³/mol. The van der Waals surface area contributed by atoms with Crippen molar-refractivity contribution in [3.63, 3.8) is 0 Å². The van der Waals surface area contributed by atoms with E-state index in [2.05, 4.69) is 0 Å². The summed E-state index contributed by atoms with van der Waals surface area (Å²) in [5.41, 5.74) is 6.63. The fourth-order valence-corrected chi connectivity index (χ4v) is 5.84. The van der Waals surface area contributed by atoms with E-state index in [0.29, 0.717) is 32.0 Å². The lowest BCUT2D eigenvalue weighted by Gasteiger charge is -2.28. The number of aryl methyl sites for hydroxylation is 1. The molecule has 1 rings (SSSR count). The van der Waals surface area contributed by atoms with Crippen LogP contribution in [0.3, 0.4) is 0 Å². The zero-order chi connectivity index (χ0) is 20.7. The smallest absolute Gasteiger partial charge is 0.377 e. The van der Waals surface area contributed by atoms with Crippen molar-refractivity contribution in [3.8, 4) is 0 Å². The minimum Gasteiger partial charge on any atom is -0.377 e. The molecule has 1 aromatic rings. The van der Waals surface area contributed by atoms with Crippen molar-refractivity contribution in [2.45, 2.75) is 50.1 Å². The lowest BCUT2D eigenvalue weighted by atomic mass is 10.0. The van der Waals surface area contributed by atoms with E-state index in [-0.39, 0.29) is 17.3 Å². The highest BCUT2D eigenvalue weighted by molar-refractivity contribution is 7.89. The third kappa shape index (κ3) is 8.07. The van der Waals surface area contributed by atoms with Crippen LogP contribution in [0, 0.1) is 6.92 Å². The SMILES string of the molecule is CO[Si](CCCN(CCC(C)(C)N)S(=O)(=O)c1ccc(C)cc1)(OC)OC.Cl. The van der Waals surface area contributed by atoms with Gasteiger partial charge in [-0.1, -0.05) is 17.7 Å². The molecular formula is C18H35ClN2O5SSi. The molecule has 0 aromatic heterocycles. The molecule has 0 spiro atoms. The molecule has 0 heterocycles. The average Bonchev–Trinajstić information content (AvgIpc) is 2.61. The number of benzene rings is 1.